The molecule has 0 bridgehead atoms. The first-order chi connectivity index (χ1) is 4.55. The van der Waals surface area contributed by atoms with E-state index in [4.69, 9.17) is 16.3 Å². The first-order valence-corrected chi connectivity index (χ1v) is 3.74. The van der Waals surface area contributed by atoms with Gasteiger partial charge in [0.2, 0.25) is 0 Å². The Morgan fingerprint density at radius 2 is 2.30 bits per heavy atom. The SMILES string of the molecule is CC1(C)C(=O)COC[C@@H]1Cl. The second-order valence-corrected chi connectivity index (χ2v) is 3.65. The van der Waals surface area contributed by atoms with Gasteiger partial charge in [0.05, 0.1) is 12.0 Å². The van der Waals surface area contributed by atoms with Crippen molar-refractivity contribution in [1.82, 2.24) is 0 Å². The quantitative estimate of drug-likeness (QED) is 0.501. The standard InChI is InChI=1S/C7H11ClO2/c1-7(2)5(8)3-10-4-6(7)9/h5H,3-4H2,1-2H3/t5-/m0/s1. The van der Waals surface area contributed by atoms with E-state index >= 15 is 0 Å². The molecule has 0 N–H and O–H groups in total. The average Bonchev–Trinajstić information content (AvgIpc) is 1.84. The summed E-state index contributed by atoms with van der Waals surface area (Å²) in [5, 5.41) is -0.172. The van der Waals surface area contributed by atoms with Crippen molar-refractivity contribution < 1.29 is 9.53 Å². The molecule has 0 aromatic rings. The van der Waals surface area contributed by atoms with E-state index in [2.05, 4.69) is 0 Å². The van der Waals surface area contributed by atoms with E-state index in [0.29, 0.717) is 6.61 Å². The fourth-order valence-electron chi connectivity index (χ4n) is 0.824. The predicted molar refractivity (Wildman–Crippen MR) is 39.2 cm³/mol. The number of carbonyl (C=O) groups excluding carboxylic acids is 1. The molecule has 1 aliphatic heterocycles. The summed E-state index contributed by atoms with van der Waals surface area (Å²) in [5.74, 6) is 0.0961. The summed E-state index contributed by atoms with van der Waals surface area (Å²) in [6.07, 6.45) is 0. The summed E-state index contributed by atoms with van der Waals surface area (Å²) in [6.45, 7) is 4.42. The summed E-state index contributed by atoms with van der Waals surface area (Å²) >= 11 is 5.86. The lowest BCUT2D eigenvalue weighted by molar-refractivity contribution is -0.137. The normalized spacial score (nSPS) is 32.3. The zero-order chi connectivity index (χ0) is 7.78. The van der Waals surface area contributed by atoms with Crippen LogP contribution >= 0.6 is 11.6 Å². The third-order valence-corrected chi connectivity index (χ3v) is 2.67. The van der Waals surface area contributed by atoms with Crippen molar-refractivity contribution in [1.29, 1.82) is 0 Å². The molecule has 0 aromatic carbocycles. The van der Waals surface area contributed by atoms with E-state index in [1.54, 1.807) is 0 Å². The van der Waals surface area contributed by atoms with Crippen molar-refractivity contribution in [2.75, 3.05) is 13.2 Å². The zero-order valence-corrected chi connectivity index (χ0v) is 6.94. The summed E-state index contributed by atoms with van der Waals surface area (Å²) in [6, 6.07) is 0. The van der Waals surface area contributed by atoms with Crippen LogP contribution in [-0.4, -0.2) is 24.4 Å². The minimum Gasteiger partial charge on any atom is -0.372 e. The number of Topliss-reactive ketones (excluding diaryl/α,β-unsaturated/α-hetero) is 1. The highest BCUT2D eigenvalue weighted by Gasteiger charge is 2.38. The monoisotopic (exact) mass is 162 g/mol. The number of alkyl halides is 1. The summed E-state index contributed by atoms with van der Waals surface area (Å²) in [4.78, 5) is 11.1. The highest BCUT2D eigenvalue weighted by Crippen LogP contribution is 2.29. The Labute approximate surface area is 65.5 Å². The Morgan fingerprint density at radius 1 is 1.70 bits per heavy atom. The molecule has 0 spiro atoms. The number of rotatable bonds is 0. The second-order valence-electron chi connectivity index (χ2n) is 3.13. The Morgan fingerprint density at radius 3 is 2.70 bits per heavy atom. The largest absolute Gasteiger partial charge is 0.372 e. The first-order valence-electron chi connectivity index (χ1n) is 3.30. The molecule has 58 valence electrons. The van der Waals surface area contributed by atoms with Gasteiger partial charge in [-0.15, -0.1) is 11.6 Å². The molecule has 1 heterocycles. The molecule has 2 nitrogen and oxygen atoms in total. The molecule has 1 atom stereocenters. The smallest absolute Gasteiger partial charge is 0.165 e. The van der Waals surface area contributed by atoms with Crippen molar-refractivity contribution in [2.45, 2.75) is 19.2 Å². The predicted octanol–water partition coefficient (Wildman–Crippen LogP) is 1.22. The fraction of sp³-hybridized carbons (Fsp3) is 0.857. The van der Waals surface area contributed by atoms with Crippen LogP contribution in [0.4, 0.5) is 0 Å². The number of carbonyl (C=O) groups is 1. The number of ketones is 1. The second kappa shape index (κ2) is 2.51. The molecule has 0 aromatic heterocycles. The number of ether oxygens (including phenoxy) is 1. The molecule has 10 heavy (non-hydrogen) atoms. The van der Waals surface area contributed by atoms with Gasteiger partial charge in [-0.2, -0.15) is 0 Å². The van der Waals surface area contributed by atoms with E-state index in [9.17, 15) is 4.79 Å². The Bertz CT molecular complexity index is 154. The summed E-state index contributed by atoms with van der Waals surface area (Å²) in [5.41, 5.74) is -0.403. The molecular formula is C7H11ClO2. The molecule has 1 rings (SSSR count). The van der Waals surface area contributed by atoms with Crippen LogP contribution in [0.15, 0.2) is 0 Å². The van der Waals surface area contributed by atoms with Gasteiger partial charge in [0, 0.05) is 5.41 Å². The van der Waals surface area contributed by atoms with Gasteiger partial charge in [0.15, 0.2) is 5.78 Å². The minimum absolute atomic E-state index is 0.0961. The van der Waals surface area contributed by atoms with Gasteiger partial charge in [-0.25, -0.2) is 0 Å². The van der Waals surface area contributed by atoms with Crippen molar-refractivity contribution >= 4 is 17.4 Å². The molecule has 0 amide bonds. The van der Waals surface area contributed by atoms with Gasteiger partial charge in [-0.3, -0.25) is 4.79 Å². The van der Waals surface area contributed by atoms with Gasteiger partial charge in [-0.1, -0.05) is 13.8 Å². The summed E-state index contributed by atoms with van der Waals surface area (Å²) < 4.78 is 4.95. The Hall–Kier alpha value is -0.0800. The van der Waals surface area contributed by atoms with Gasteiger partial charge in [0.25, 0.3) is 0 Å². The third-order valence-electron chi connectivity index (χ3n) is 2.00. The third kappa shape index (κ3) is 1.18. The topological polar surface area (TPSA) is 26.3 Å². The maximum atomic E-state index is 11.1. The van der Waals surface area contributed by atoms with Crippen LogP contribution in [0.2, 0.25) is 0 Å². The van der Waals surface area contributed by atoms with Crippen LogP contribution in [0.25, 0.3) is 0 Å². The molecule has 3 heteroatoms. The van der Waals surface area contributed by atoms with Crippen molar-refractivity contribution in [3.8, 4) is 0 Å². The van der Waals surface area contributed by atoms with Gasteiger partial charge < -0.3 is 4.74 Å². The van der Waals surface area contributed by atoms with Crippen molar-refractivity contribution in [3.63, 3.8) is 0 Å². The maximum absolute atomic E-state index is 11.1. The van der Waals surface area contributed by atoms with Gasteiger partial charge in [-0.05, 0) is 0 Å². The molecule has 1 fully saturated rings. The lowest BCUT2D eigenvalue weighted by atomic mass is 9.83. The number of hydrogen-bond donors (Lipinski definition) is 0. The van der Waals surface area contributed by atoms with Gasteiger partial charge >= 0.3 is 0 Å². The fourth-order valence-corrected chi connectivity index (χ4v) is 1.03. The van der Waals surface area contributed by atoms with E-state index < -0.39 is 5.41 Å². The highest BCUT2D eigenvalue weighted by atomic mass is 35.5. The van der Waals surface area contributed by atoms with E-state index in [1.165, 1.54) is 0 Å². The van der Waals surface area contributed by atoms with E-state index in [1.807, 2.05) is 13.8 Å². The van der Waals surface area contributed by atoms with Crippen molar-refractivity contribution in [3.05, 3.63) is 0 Å². The minimum atomic E-state index is -0.403. The zero-order valence-electron chi connectivity index (χ0n) is 6.19. The molecule has 1 aliphatic rings. The van der Waals surface area contributed by atoms with Crippen LogP contribution < -0.4 is 0 Å². The van der Waals surface area contributed by atoms with Crippen LogP contribution in [0.5, 0.6) is 0 Å². The number of hydrogen-bond acceptors (Lipinski definition) is 2. The van der Waals surface area contributed by atoms with Crippen LogP contribution in [0, 0.1) is 5.41 Å². The highest BCUT2D eigenvalue weighted by molar-refractivity contribution is 6.23. The number of halogens is 1. The molecule has 1 saturated heterocycles. The first kappa shape index (κ1) is 8.02. The lowest BCUT2D eigenvalue weighted by Gasteiger charge is -2.32. The summed E-state index contributed by atoms with van der Waals surface area (Å²) in [7, 11) is 0. The van der Waals surface area contributed by atoms with Gasteiger partial charge in [0.1, 0.15) is 6.61 Å². The lowest BCUT2D eigenvalue weighted by Crippen LogP contribution is -2.43. The molecule has 0 aliphatic carbocycles. The van der Waals surface area contributed by atoms with E-state index in [0.717, 1.165) is 0 Å². The van der Waals surface area contributed by atoms with Crippen LogP contribution in [0.1, 0.15) is 13.8 Å². The molecular weight excluding hydrogens is 152 g/mol. The Kier molecular flexibility index (Phi) is 2.02. The van der Waals surface area contributed by atoms with Crippen LogP contribution in [0.3, 0.4) is 0 Å². The van der Waals surface area contributed by atoms with Crippen LogP contribution in [-0.2, 0) is 9.53 Å². The molecule has 0 unspecified atom stereocenters. The van der Waals surface area contributed by atoms with E-state index in [-0.39, 0.29) is 17.8 Å². The Balaban J connectivity index is 2.73. The molecule has 0 saturated carbocycles. The maximum Gasteiger partial charge on any atom is 0.165 e. The average molecular weight is 163 g/mol. The molecule has 0 radical (unpaired) electrons. The van der Waals surface area contributed by atoms with Crippen molar-refractivity contribution in [2.24, 2.45) is 5.41 Å².